The third-order valence-corrected chi connectivity index (χ3v) is 4.45. The summed E-state index contributed by atoms with van der Waals surface area (Å²) in [6.07, 6.45) is 2.09. The number of nitrogens with zero attached hydrogens (tertiary/aromatic N) is 1. The lowest BCUT2D eigenvalue weighted by molar-refractivity contribution is 0.0660. The van der Waals surface area contributed by atoms with Crippen molar-refractivity contribution in [2.24, 2.45) is 11.7 Å². The van der Waals surface area contributed by atoms with Crippen LogP contribution in [-0.4, -0.2) is 44.2 Å². The van der Waals surface area contributed by atoms with Crippen molar-refractivity contribution < 1.29 is 14.3 Å². The first kappa shape index (κ1) is 16.6. The number of piperidine rings is 1. The van der Waals surface area contributed by atoms with Gasteiger partial charge in [0.25, 0.3) is 5.91 Å². The topological polar surface area (TPSA) is 64.8 Å². The fraction of sp³-hybridized carbons (Fsp3) is 0.588. The predicted molar refractivity (Wildman–Crippen MR) is 86.6 cm³/mol. The Hall–Kier alpha value is -1.75. The lowest BCUT2D eigenvalue weighted by Gasteiger charge is -2.35. The molecule has 0 saturated carbocycles. The number of carbonyl (C=O) groups excluding carboxylic acids is 1. The summed E-state index contributed by atoms with van der Waals surface area (Å²) in [5, 5.41) is 0. The summed E-state index contributed by atoms with van der Waals surface area (Å²) in [4.78, 5) is 14.8. The molecule has 5 nitrogen and oxygen atoms in total. The van der Waals surface area contributed by atoms with Gasteiger partial charge in [0.2, 0.25) is 0 Å². The number of benzene rings is 1. The summed E-state index contributed by atoms with van der Waals surface area (Å²) >= 11 is 0. The van der Waals surface area contributed by atoms with Crippen molar-refractivity contribution in [1.82, 2.24) is 4.90 Å². The Morgan fingerprint density at radius 3 is 2.55 bits per heavy atom. The number of likely N-dealkylation sites (tertiary alicyclic amines) is 1. The Bertz CT molecular complexity index is 543. The van der Waals surface area contributed by atoms with E-state index in [4.69, 9.17) is 15.2 Å². The molecule has 1 aliphatic rings. The van der Waals surface area contributed by atoms with Crippen LogP contribution in [0, 0.1) is 12.8 Å². The molecule has 0 radical (unpaired) electrons. The zero-order valence-electron chi connectivity index (χ0n) is 13.9. The van der Waals surface area contributed by atoms with Crippen LogP contribution in [0.2, 0.25) is 0 Å². The van der Waals surface area contributed by atoms with Crippen molar-refractivity contribution >= 4 is 5.91 Å². The van der Waals surface area contributed by atoms with Crippen molar-refractivity contribution in [2.45, 2.75) is 32.7 Å². The van der Waals surface area contributed by atoms with Gasteiger partial charge in [-0.1, -0.05) is 0 Å². The number of nitrogens with two attached hydrogens (primary N) is 1. The van der Waals surface area contributed by atoms with E-state index in [1.807, 2.05) is 24.8 Å². The highest BCUT2D eigenvalue weighted by molar-refractivity contribution is 5.96. The molecule has 1 heterocycles. The van der Waals surface area contributed by atoms with Crippen LogP contribution in [-0.2, 0) is 0 Å². The predicted octanol–water partition coefficient (Wildman–Crippen LogP) is 2.21. The Kier molecular flexibility index (Phi) is 5.29. The minimum Gasteiger partial charge on any atom is -0.493 e. The van der Waals surface area contributed by atoms with Crippen LogP contribution in [0.15, 0.2) is 12.1 Å². The van der Waals surface area contributed by atoms with Gasteiger partial charge in [-0.3, -0.25) is 4.79 Å². The molecule has 1 aromatic rings. The minimum absolute atomic E-state index is 0.0452. The maximum Gasteiger partial charge on any atom is 0.254 e. The maximum absolute atomic E-state index is 12.8. The number of ether oxygens (including phenoxy) is 2. The largest absolute Gasteiger partial charge is 0.493 e. The first-order valence-corrected chi connectivity index (χ1v) is 7.75. The summed E-state index contributed by atoms with van der Waals surface area (Å²) in [7, 11) is 3.17. The second kappa shape index (κ2) is 7.01. The lowest BCUT2D eigenvalue weighted by Crippen LogP contribution is -2.45. The van der Waals surface area contributed by atoms with Crippen LogP contribution in [0.3, 0.4) is 0 Å². The van der Waals surface area contributed by atoms with Crippen molar-refractivity contribution in [3.63, 3.8) is 0 Å². The first-order chi connectivity index (χ1) is 10.5. The molecule has 0 aliphatic carbocycles. The van der Waals surface area contributed by atoms with E-state index in [1.54, 1.807) is 20.3 Å². The van der Waals surface area contributed by atoms with Crippen LogP contribution in [0.25, 0.3) is 0 Å². The van der Waals surface area contributed by atoms with Gasteiger partial charge in [0.05, 0.1) is 14.2 Å². The van der Waals surface area contributed by atoms with E-state index < -0.39 is 0 Å². The third kappa shape index (κ3) is 3.35. The Morgan fingerprint density at radius 2 is 1.95 bits per heavy atom. The molecule has 1 amide bonds. The molecule has 122 valence electrons. The number of rotatable bonds is 4. The molecule has 2 atom stereocenters. The van der Waals surface area contributed by atoms with Gasteiger partial charge in [0, 0.05) is 24.7 Å². The monoisotopic (exact) mass is 306 g/mol. The summed E-state index contributed by atoms with van der Waals surface area (Å²) < 4.78 is 10.6. The average Bonchev–Trinajstić information content (AvgIpc) is 2.53. The standard InChI is InChI=1S/C17H26N2O3/c1-11-8-15(21-3)16(22-4)9-14(11)17(20)19-7-5-6-13(10-19)12(2)18/h8-9,12-13H,5-7,10,18H2,1-4H3/t12-,13-/m1/s1. The van der Waals surface area contributed by atoms with Crippen LogP contribution in [0.4, 0.5) is 0 Å². The SMILES string of the molecule is COc1cc(C)c(C(=O)N2CCC[C@@H]([C@@H](C)N)C2)cc1OC. The highest BCUT2D eigenvalue weighted by atomic mass is 16.5. The van der Waals surface area contributed by atoms with Crippen LogP contribution in [0.1, 0.15) is 35.7 Å². The third-order valence-electron chi connectivity index (χ3n) is 4.45. The Morgan fingerprint density at radius 1 is 1.32 bits per heavy atom. The summed E-state index contributed by atoms with van der Waals surface area (Å²) in [6, 6.07) is 3.73. The van der Waals surface area contributed by atoms with Gasteiger partial charge < -0.3 is 20.1 Å². The van der Waals surface area contributed by atoms with Crippen LogP contribution < -0.4 is 15.2 Å². The number of methoxy groups -OCH3 is 2. The second-order valence-corrected chi connectivity index (χ2v) is 6.03. The normalized spacial score (nSPS) is 19.7. The summed E-state index contributed by atoms with van der Waals surface area (Å²) in [5.41, 5.74) is 7.57. The molecule has 22 heavy (non-hydrogen) atoms. The molecule has 5 heteroatoms. The molecule has 1 aromatic carbocycles. The van der Waals surface area contributed by atoms with E-state index in [1.165, 1.54) is 0 Å². The van der Waals surface area contributed by atoms with Crippen molar-refractivity contribution in [3.8, 4) is 11.5 Å². The van der Waals surface area contributed by atoms with E-state index in [0.29, 0.717) is 23.0 Å². The molecule has 1 fully saturated rings. The van der Waals surface area contributed by atoms with Gasteiger partial charge in [-0.2, -0.15) is 0 Å². The van der Waals surface area contributed by atoms with E-state index in [2.05, 4.69) is 0 Å². The van der Waals surface area contributed by atoms with Crippen LogP contribution >= 0.6 is 0 Å². The molecule has 0 bridgehead atoms. The first-order valence-electron chi connectivity index (χ1n) is 7.75. The molecule has 2 rings (SSSR count). The molecule has 1 aliphatic heterocycles. The number of carbonyl (C=O) groups is 1. The van der Waals surface area contributed by atoms with Gasteiger partial charge >= 0.3 is 0 Å². The molecular formula is C17H26N2O3. The number of hydrogen-bond acceptors (Lipinski definition) is 4. The quantitative estimate of drug-likeness (QED) is 0.926. The zero-order valence-corrected chi connectivity index (χ0v) is 13.9. The minimum atomic E-state index is 0.0452. The van der Waals surface area contributed by atoms with Crippen molar-refractivity contribution in [3.05, 3.63) is 23.3 Å². The fourth-order valence-electron chi connectivity index (χ4n) is 3.00. The van der Waals surface area contributed by atoms with Gasteiger partial charge in [0.15, 0.2) is 11.5 Å². The second-order valence-electron chi connectivity index (χ2n) is 6.03. The number of amides is 1. The Balaban J connectivity index is 2.25. The molecule has 0 spiro atoms. The van der Waals surface area contributed by atoms with E-state index in [0.717, 1.165) is 31.5 Å². The van der Waals surface area contributed by atoms with Gasteiger partial charge in [-0.05, 0) is 50.3 Å². The average molecular weight is 306 g/mol. The number of hydrogen-bond donors (Lipinski definition) is 1. The number of aryl methyl sites for hydroxylation is 1. The van der Waals surface area contributed by atoms with Crippen molar-refractivity contribution in [1.29, 1.82) is 0 Å². The summed E-state index contributed by atoms with van der Waals surface area (Å²) in [6.45, 7) is 5.45. The van der Waals surface area contributed by atoms with Crippen molar-refractivity contribution in [2.75, 3.05) is 27.3 Å². The molecular weight excluding hydrogens is 280 g/mol. The highest BCUT2D eigenvalue weighted by Crippen LogP contribution is 2.31. The van der Waals surface area contributed by atoms with E-state index in [9.17, 15) is 4.79 Å². The smallest absolute Gasteiger partial charge is 0.254 e. The van der Waals surface area contributed by atoms with Gasteiger partial charge in [-0.25, -0.2) is 0 Å². The van der Waals surface area contributed by atoms with E-state index in [-0.39, 0.29) is 11.9 Å². The lowest BCUT2D eigenvalue weighted by atomic mass is 9.91. The fourth-order valence-corrected chi connectivity index (χ4v) is 3.00. The molecule has 1 saturated heterocycles. The highest BCUT2D eigenvalue weighted by Gasteiger charge is 2.27. The molecule has 2 N–H and O–H groups in total. The van der Waals surface area contributed by atoms with E-state index >= 15 is 0 Å². The molecule has 0 unspecified atom stereocenters. The maximum atomic E-state index is 12.8. The molecule has 0 aromatic heterocycles. The zero-order chi connectivity index (χ0) is 16.3. The van der Waals surface area contributed by atoms with Crippen LogP contribution in [0.5, 0.6) is 11.5 Å². The summed E-state index contributed by atoms with van der Waals surface area (Å²) in [5.74, 6) is 1.64. The van der Waals surface area contributed by atoms with Gasteiger partial charge in [-0.15, -0.1) is 0 Å². The van der Waals surface area contributed by atoms with Gasteiger partial charge in [0.1, 0.15) is 0 Å². The Labute approximate surface area is 132 Å².